The number of nitrogens with two attached hydrogens (primary N) is 1. The van der Waals surface area contributed by atoms with Crippen molar-refractivity contribution in [2.75, 3.05) is 0 Å². The second-order valence-electron chi connectivity index (χ2n) is 7.20. The molecule has 0 fully saturated rings. The lowest BCUT2D eigenvalue weighted by atomic mass is 10.0. The van der Waals surface area contributed by atoms with Gasteiger partial charge in [0.05, 0.1) is 6.04 Å². The minimum atomic E-state index is -0.771. The zero-order chi connectivity index (χ0) is 23.3. The van der Waals surface area contributed by atoms with Crippen LogP contribution >= 0.6 is 0 Å². The van der Waals surface area contributed by atoms with Crippen molar-refractivity contribution in [3.63, 3.8) is 0 Å². The maximum absolute atomic E-state index is 12.4. The van der Waals surface area contributed by atoms with Crippen LogP contribution in [0, 0.1) is 0 Å². The second kappa shape index (κ2) is 13.1. The largest absolute Gasteiger partial charge is 0.459 e. The van der Waals surface area contributed by atoms with Gasteiger partial charge < -0.3 is 15.8 Å². The maximum Gasteiger partial charge on any atom is 0.328 e. The Kier molecular flexibility index (Phi) is 10.1. The molecule has 0 saturated carbocycles. The van der Waals surface area contributed by atoms with E-state index in [4.69, 9.17) is 10.5 Å². The molecule has 0 saturated heterocycles. The van der Waals surface area contributed by atoms with Crippen LogP contribution in [-0.4, -0.2) is 24.0 Å². The van der Waals surface area contributed by atoms with Crippen LogP contribution in [0.2, 0.25) is 0 Å². The van der Waals surface area contributed by atoms with Gasteiger partial charge in [-0.2, -0.15) is 0 Å². The van der Waals surface area contributed by atoms with Crippen LogP contribution < -0.4 is 11.1 Å². The number of benzene rings is 3. The summed E-state index contributed by atoms with van der Waals surface area (Å²) in [5.74, 6) is -0.877. The molecule has 3 aromatic carbocycles. The van der Waals surface area contributed by atoms with Crippen molar-refractivity contribution in [1.29, 1.82) is 0 Å². The third-order valence-electron chi connectivity index (χ3n) is 4.79. The molecule has 1 amide bonds. The number of carbonyl (C=O) groups excluding carboxylic acids is 2. The summed E-state index contributed by atoms with van der Waals surface area (Å²) < 4.78 is 5.25. The minimum Gasteiger partial charge on any atom is -0.459 e. The molecule has 3 rings (SSSR count). The quantitative estimate of drug-likeness (QED) is 0.514. The Hall–Kier alpha value is -3.44. The predicted octanol–water partition coefficient (Wildman–Crippen LogP) is 4.50. The molecule has 168 valence electrons. The fourth-order valence-electron chi connectivity index (χ4n) is 3.04. The Morgan fingerprint density at radius 1 is 0.812 bits per heavy atom. The Labute approximate surface area is 190 Å². The van der Waals surface area contributed by atoms with E-state index < -0.39 is 18.1 Å². The lowest BCUT2D eigenvalue weighted by Gasteiger charge is -2.17. The van der Waals surface area contributed by atoms with E-state index in [2.05, 4.69) is 5.32 Å². The fraction of sp³-hybridized carbons (Fsp3) is 0.259. The highest BCUT2D eigenvalue weighted by molar-refractivity contribution is 5.87. The van der Waals surface area contributed by atoms with Gasteiger partial charge in [-0.15, -0.1) is 0 Å². The number of amides is 1. The molecule has 0 spiro atoms. The molecule has 5 nitrogen and oxygen atoms in total. The van der Waals surface area contributed by atoms with E-state index in [0.717, 1.165) is 22.3 Å². The van der Waals surface area contributed by atoms with Crippen LogP contribution in [0.15, 0.2) is 84.9 Å². The Balaban J connectivity index is 0.00000176. The van der Waals surface area contributed by atoms with Crippen molar-refractivity contribution >= 4 is 11.9 Å². The Bertz CT molecular complexity index is 957. The normalized spacial score (nSPS) is 12.0. The number of carbonyl (C=O) groups is 2. The van der Waals surface area contributed by atoms with Crippen LogP contribution in [0.4, 0.5) is 0 Å². The van der Waals surface area contributed by atoms with Crippen molar-refractivity contribution < 1.29 is 14.3 Å². The number of hydrogen-bond donors (Lipinski definition) is 2. The van der Waals surface area contributed by atoms with Crippen LogP contribution in [0.3, 0.4) is 0 Å². The highest BCUT2D eigenvalue weighted by Gasteiger charge is 2.21. The molecule has 0 radical (unpaired) electrons. The molecule has 0 aliphatic rings. The zero-order valence-electron chi connectivity index (χ0n) is 19.0. The van der Waals surface area contributed by atoms with Crippen LogP contribution in [0.1, 0.15) is 31.9 Å². The van der Waals surface area contributed by atoms with Gasteiger partial charge in [0.2, 0.25) is 5.91 Å². The predicted molar refractivity (Wildman–Crippen MR) is 129 cm³/mol. The molecular formula is C27H32N2O3. The lowest BCUT2D eigenvalue weighted by Crippen LogP contribution is -2.48. The molecule has 32 heavy (non-hydrogen) atoms. The summed E-state index contributed by atoms with van der Waals surface area (Å²) in [6, 6.07) is 25.9. The van der Waals surface area contributed by atoms with Crippen molar-refractivity contribution in [3.8, 4) is 11.1 Å². The summed E-state index contributed by atoms with van der Waals surface area (Å²) in [5, 5.41) is 2.63. The van der Waals surface area contributed by atoms with Gasteiger partial charge >= 0.3 is 5.97 Å². The molecule has 2 atom stereocenters. The standard InChI is InChI=1S/C25H26N2O3.C2H6/c1-18(25(29)30-17-20-8-4-2-5-9-20)27-24(28)23(26)16-19-12-14-22(15-13-19)21-10-6-3-7-11-21;1-2/h2-15,18,23H,16-17,26H2,1H3,(H,27,28);1-2H3/t18?,23-;/m0./s1. The fourth-order valence-corrected chi connectivity index (χ4v) is 3.04. The molecule has 0 bridgehead atoms. The molecule has 0 aliphatic carbocycles. The monoisotopic (exact) mass is 432 g/mol. The smallest absolute Gasteiger partial charge is 0.328 e. The average Bonchev–Trinajstić information content (AvgIpc) is 2.85. The van der Waals surface area contributed by atoms with E-state index >= 15 is 0 Å². The SMILES string of the molecule is CC.CC(NC(=O)[C@@H](N)Cc1ccc(-c2ccccc2)cc1)C(=O)OCc1ccccc1. The maximum atomic E-state index is 12.4. The molecule has 3 aromatic rings. The van der Waals surface area contributed by atoms with Gasteiger partial charge in [0, 0.05) is 0 Å². The van der Waals surface area contributed by atoms with Crippen LogP contribution in [-0.2, 0) is 27.4 Å². The van der Waals surface area contributed by atoms with Gasteiger partial charge in [-0.3, -0.25) is 4.79 Å². The van der Waals surface area contributed by atoms with Crippen molar-refractivity contribution in [1.82, 2.24) is 5.32 Å². The van der Waals surface area contributed by atoms with E-state index in [1.165, 1.54) is 0 Å². The topological polar surface area (TPSA) is 81.4 Å². The lowest BCUT2D eigenvalue weighted by molar-refractivity contribution is -0.148. The van der Waals surface area contributed by atoms with Crippen molar-refractivity contribution in [3.05, 3.63) is 96.1 Å². The second-order valence-corrected chi connectivity index (χ2v) is 7.20. The van der Waals surface area contributed by atoms with Gasteiger partial charge in [-0.25, -0.2) is 4.79 Å². The summed E-state index contributed by atoms with van der Waals surface area (Å²) in [7, 11) is 0. The third-order valence-corrected chi connectivity index (χ3v) is 4.79. The highest BCUT2D eigenvalue weighted by atomic mass is 16.5. The van der Waals surface area contributed by atoms with Gasteiger partial charge in [-0.1, -0.05) is 98.8 Å². The number of rotatable bonds is 8. The number of nitrogens with one attached hydrogen (secondary N) is 1. The summed E-state index contributed by atoms with van der Waals surface area (Å²) >= 11 is 0. The molecule has 0 heterocycles. The molecule has 1 unspecified atom stereocenters. The van der Waals surface area contributed by atoms with Gasteiger partial charge in [0.1, 0.15) is 12.6 Å². The van der Waals surface area contributed by atoms with E-state index in [1.54, 1.807) is 6.92 Å². The third kappa shape index (κ3) is 7.67. The first-order valence-electron chi connectivity index (χ1n) is 10.9. The Morgan fingerprint density at radius 2 is 1.34 bits per heavy atom. The summed E-state index contributed by atoms with van der Waals surface area (Å²) in [4.78, 5) is 24.5. The van der Waals surface area contributed by atoms with E-state index in [9.17, 15) is 9.59 Å². The summed E-state index contributed by atoms with van der Waals surface area (Å²) in [5.41, 5.74) is 10.1. The first kappa shape index (κ1) is 24.8. The summed E-state index contributed by atoms with van der Waals surface area (Å²) in [6.07, 6.45) is 0.382. The number of ether oxygens (including phenoxy) is 1. The molecular weight excluding hydrogens is 400 g/mol. The zero-order valence-corrected chi connectivity index (χ0v) is 19.0. The minimum absolute atomic E-state index is 0.166. The number of hydrogen-bond acceptors (Lipinski definition) is 4. The van der Waals surface area contributed by atoms with E-state index in [-0.39, 0.29) is 12.5 Å². The van der Waals surface area contributed by atoms with Gasteiger partial charge in [0.15, 0.2) is 0 Å². The molecule has 3 N–H and O–H groups in total. The summed E-state index contributed by atoms with van der Waals surface area (Å²) in [6.45, 7) is 5.76. The van der Waals surface area contributed by atoms with Crippen LogP contribution in [0.5, 0.6) is 0 Å². The molecule has 5 heteroatoms. The van der Waals surface area contributed by atoms with E-state index in [1.807, 2.05) is 98.8 Å². The molecule has 0 aliphatic heterocycles. The van der Waals surface area contributed by atoms with E-state index in [0.29, 0.717) is 6.42 Å². The number of esters is 1. The molecule has 0 aromatic heterocycles. The first-order valence-corrected chi connectivity index (χ1v) is 10.9. The van der Waals surface area contributed by atoms with Gasteiger partial charge in [0.25, 0.3) is 0 Å². The van der Waals surface area contributed by atoms with Crippen LogP contribution in [0.25, 0.3) is 11.1 Å². The van der Waals surface area contributed by atoms with Gasteiger partial charge in [-0.05, 0) is 35.6 Å². The van der Waals surface area contributed by atoms with Crippen molar-refractivity contribution in [2.24, 2.45) is 5.73 Å². The Morgan fingerprint density at radius 3 is 1.94 bits per heavy atom. The first-order chi connectivity index (χ1) is 15.5. The highest BCUT2D eigenvalue weighted by Crippen LogP contribution is 2.19. The van der Waals surface area contributed by atoms with Crippen molar-refractivity contribution in [2.45, 2.75) is 45.9 Å². The average molecular weight is 433 g/mol.